The van der Waals surface area contributed by atoms with Gasteiger partial charge < -0.3 is 19.3 Å². The van der Waals surface area contributed by atoms with Crippen LogP contribution in [0, 0.1) is 6.92 Å². The van der Waals surface area contributed by atoms with Gasteiger partial charge in [0.05, 0.1) is 6.61 Å². The molecule has 21 heavy (non-hydrogen) atoms. The van der Waals surface area contributed by atoms with Crippen LogP contribution in [0.2, 0.25) is 0 Å². The molecule has 1 unspecified atom stereocenters. The third kappa shape index (κ3) is 4.24. The van der Waals surface area contributed by atoms with E-state index in [9.17, 15) is 4.79 Å². The van der Waals surface area contributed by atoms with Gasteiger partial charge in [0.2, 0.25) is 0 Å². The van der Waals surface area contributed by atoms with Gasteiger partial charge in [0.15, 0.2) is 11.9 Å². The van der Waals surface area contributed by atoms with Gasteiger partial charge in [-0.2, -0.15) is 0 Å². The van der Waals surface area contributed by atoms with E-state index in [2.05, 4.69) is 10.5 Å². The first-order valence-electron chi connectivity index (χ1n) is 6.72. The highest BCUT2D eigenvalue weighted by atomic mass is 16.5. The first-order valence-corrected chi connectivity index (χ1v) is 6.72. The van der Waals surface area contributed by atoms with Crippen molar-refractivity contribution < 1.29 is 18.8 Å². The second-order valence-corrected chi connectivity index (χ2v) is 4.48. The summed E-state index contributed by atoms with van der Waals surface area (Å²) in [5.74, 6) is 2.07. The quantitative estimate of drug-likeness (QED) is 0.885. The fourth-order valence-electron chi connectivity index (χ4n) is 1.69. The van der Waals surface area contributed by atoms with Crippen molar-refractivity contribution in [1.29, 1.82) is 0 Å². The van der Waals surface area contributed by atoms with Crippen molar-refractivity contribution in [1.82, 2.24) is 5.16 Å². The Morgan fingerprint density at radius 2 is 2.00 bits per heavy atom. The Balaban J connectivity index is 1.90. The van der Waals surface area contributed by atoms with E-state index < -0.39 is 6.10 Å². The molecule has 0 saturated carbocycles. The minimum Gasteiger partial charge on any atom is -0.494 e. The van der Waals surface area contributed by atoms with Crippen LogP contribution < -0.4 is 14.8 Å². The van der Waals surface area contributed by atoms with Gasteiger partial charge >= 0.3 is 0 Å². The number of aromatic nitrogens is 1. The molecule has 1 atom stereocenters. The second kappa shape index (κ2) is 6.78. The summed E-state index contributed by atoms with van der Waals surface area (Å²) < 4.78 is 15.8. The molecule has 6 heteroatoms. The predicted octanol–water partition coefficient (Wildman–Crippen LogP) is 2.79. The molecular formula is C15H18N2O4. The molecule has 0 aliphatic rings. The summed E-state index contributed by atoms with van der Waals surface area (Å²) in [7, 11) is 0. The minimum atomic E-state index is -0.653. The predicted molar refractivity (Wildman–Crippen MR) is 77.6 cm³/mol. The van der Waals surface area contributed by atoms with E-state index in [4.69, 9.17) is 14.0 Å². The van der Waals surface area contributed by atoms with E-state index in [1.54, 1.807) is 44.2 Å². The number of nitrogens with one attached hydrogen (secondary N) is 1. The van der Waals surface area contributed by atoms with Gasteiger partial charge in [-0.3, -0.25) is 4.79 Å². The summed E-state index contributed by atoms with van der Waals surface area (Å²) in [4.78, 5) is 12.0. The van der Waals surface area contributed by atoms with E-state index in [1.165, 1.54) is 0 Å². The monoisotopic (exact) mass is 290 g/mol. The van der Waals surface area contributed by atoms with E-state index in [1.807, 2.05) is 6.92 Å². The van der Waals surface area contributed by atoms with Gasteiger partial charge in [0, 0.05) is 6.07 Å². The van der Waals surface area contributed by atoms with Gasteiger partial charge in [0.1, 0.15) is 17.3 Å². The van der Waals surface area contributed by atoms with E-state index in [-0.39, 0.29) is 5.91 Å². The molecular weight excluding hydrogens is 272 g/mol. The molecule has 6 nitrogen and oxygen atoms in total. The second-order valence-electron chi connectivity index (χ2n) is 4.48. The standard InChI is InChI=1S/C15H18N2O4/c1-4-19-12-5-7-13(8-6-12)20-11(3)15(18)16-14-9-10(2)21-17-14/h5-9,11H,4H2,1-3H3,(H,16,17,18). The zero-order chi connectivity index (χ0) is 15.2. The van der Waals surface area contributed by atoms with Crippen LogP contribution in [0.5, 0.6) is 11.5 Å². The number of benzene rings is 1. The molecule has 0 fully saturated rings. The number of rotatable bonds is 6. The number of carbonyl (C=O) groups excluding carboxylic acids is 1. The lowest BCUT2D eigenvalue weighted by atomic mass is 10.3. The average molecular weight is 290 g/mol. The fourth-order valence-corrected chi connectivity index (χ4v) is 1.69. The van der Waals surface area contributed by atoms with Crippen LogP contribution in [0.15, 0.2) is 34.9 Å². The van der Waals surface area contributed by atoms with Crippen LogP contribution in [-0.4, -0.2) is 23.8 Å². The lowest BCUT2D eigenvalue weighted by Gasteiger charge is -2.14. The van der Waals surface area contributed by atoms with Crippen molar-refractivity contribution in [2.45, 2.75) is 26.9 Å². The molecule has 1 amide bonds. The number of hydrogen-bond donors (Lipinski definition) is 1. The van der Waals surface area contributed by atoms with Gasteiger partial charge in [-0.15, -0.1) is 0 Å². The van der Waals surface area contributed by atoms with Crippen molar-refractivity contribution in [3.8, 4) is 11.5 Å². The van der Waals surface area contributed by atoms with E-state index in [0.29, 0.717) is 23.9 Å². The topological polar surface area (TPSA) is 73.6 Å². The maximum Gasteiger partial charge on any atom is 0.266 e. The van der Waals surface area contributed by atoms with E-state index >= 15 is 0 Å². The van der Waals surface area contributed by atoms with Crippen molar-refractivity contribution in [2.75, 3.05) is 11.9 Å². The number of anilines is 1. The van der Waals surface area contributed by atoms with Crippen molar-refractivity contribution >= 4 is 11.7 Å². The highest BCUT2D eigenvalue weighted by Crippen LogP contribution is 2.19. The summed E-state index contributed by atoms with van der Waals surface area (Å²) in [6.45, 7) is 5.94. The number of carbonyl (C=O) groups is 1. The van der Waals surface area contributed by atoms with Crippen LogP contribution in [-0.2, 0) is 4.79 Å². The molecule has 112 valence electrons. The average Bonchev–Trinajstić information content (AvgIpc) is 2.86. The molecule has 0 aliphatic carbocycles. The molecule has 0 spiro atoms. The summed E-state index contributed by atoms with van der Waals surface area (Å²) in [5, 5.41) is 6.32. The van der Waals surface area contributed by atoms with Gasteiger partial charge in [-0.1, -0.05) is 5.16 Å². The zero-order valence-corrected chi connectivity index (χ0v) is 12.3. The minimum absolute atomic E-state index is 0.294. The number of nitrogens with zero attached hydrogens (tertiary/aromatic N) is 1. The maximum absolute atomic E-state index is 12.0. The molecule has 2 rings (SSSR count). The number of aryl methyl sites for hydroxylation is 1. The zero-order valence-electron chi connectivity index (χ0n) is 12.3. The normalized spacial score (nSPS) is 11.8. The Hall–Kier alpha value is -2.50. The molecule has 0 radical (unpaired) electrons. The fraction of sp³-hybridized carbons (Fsp3) is 0.333. The number of ether oxygens (including phenoxy) is 2. The van der Waals surface area contributed by atoms with Crippen molar-refractivity contribution in [2.24, 2.45) is 0 Å². The Kier molecular flexibility index (Phi) is 4.81. The summed E-state index contributed by atoms with van der Waals surface area (Å²) >= 11 is 0. The lowest BCUT2D eigenvalue weighted by molar-refractivity contribution is -0.122. The van der Waals surface area contributed by atoms with Crippen LogP contribution in [0.4, 0.5) is 5.82 Å². The summed E-state index contributed by atoms with van der Waals surface area (Å²) in [6.07, 6.45) is -0.653. The van der Waals surface area contributed by atoms with Crippen LogP contribution in [0.25, 0.3) is 0 Å². The summed E-state index contributed by atoms with van der Waals surface area (Å²) in [5.41, 5.74) is 0. The molecule has 0 saturated heterocycles. The first-order chi connectivity index (χ1) is 10.1. The molecule has 2 aromatic rings. The highest BCUT2D eigenvalue weighted by molar-refractivity contribution is 5.93. The first kappa shape index (κ1) is 14.9. The van der Waals surface area contributed by atoms with Gasteiger partial charge in [0.25, 0.3) is 5.91 Å². The highest BCUT2D eigenvalue weighted by Gasteiger charge is 2.16. The SMILES string of the molecule is CCOc1ccc(OC(C)C(=O)Nc2cc(C)on2)cc1. The number of hydrogen-bond acceptors (Lipinski definition) is 5. The Morgan fingerprint density at radius 1 is 1.33 bits per heavy atom. The molecule has 1 aromatic carbocycles. The molecule has 1 aromatic heterocycles. The van der Waals surface area contributed by atoms with Crippen LogP contribution >= 0.6 is 0 Å². The third-order valence-corrected chi connectivity index (χ3v) is 2.70. The Labute approximate surface area is 123 Å². The number of amides is 1. The Morgan fingerprint density at radius 3 is 2.57 bits per heavy atom. The third-order valence-electron chi connectivity index (χ3n) is 2.70. The molecule has 0 aliphatic heterocycles. The molecule has 1 heterocycles. The largest absolute Gasteiger partial charge is 0.494 e. The lowest BCUT2D eigenvalue weighted by Crippen LogP contribution is -2.30. The van der Waals surface area contributed by atoms with Crippen molar-refractivity contribution in [3.05, 3.63) is 36.1 Å². The van der Waals surface area contributed by atoms with Crippen molar-refractivity contribution in [3.63, 3.8) is 0 Å². The van der Waals surface area contributed by atoms with Crippen LogP contribution in [0.3, 0.4) is 0 Å². The smallest absolute Gasteiger partial charge is 0.266 e. The summed E-state index contributed by atoms with van der Waals surface area (Å²) in [6, 6.07) is 8.75. The van der Waals surface area contributed by atoms with Gasteiger partial charge in [-0.05, 0) is 45.0 Å². The molecule has 0 bridgehead atoms. The van der Waals surface area contributed by atoms with E-state index in [0.717, 1.165) is 5.75 Å². The van der Waals surface area contributed by atoms with Crippen LogP contribution in [0.1, 0.15) is 19.6 Å². The van der Waals surface area contributed by atoms with Gasteiger partial charge in [-0.25, -0.2) is 0 Å². The molecule has 1 N–H and O–H groups in total. The Bertz CT molecular complexity index is 592. The maximum atomic E-state index is 12.0.